The Labute approximate surface area is 170 Å². The number of nitrogens with zero attached hydrogens (tertiary/aromatic N) is 2. The molecule has 2 amide bonds. The maximum absolute atomic E-state index is 13.3. The summed E-state index contributed by atoms with van der Waals surface area (Å²) in [6, 6.07) is 14.8. The molecule has 1 aliphatic rings. The molecule has 0 radical (unpaired) electrons. The molecule has 1 saturated heterocycles. The van der Waals surface area contributed by atoms with Gasteiger partial charge in [-0.15, -0.1) is 0 Å². The van der Waals surface area contributed by atoms with E-state index in [4.69, 9.17) is 0 Å². The van der Waals surface area contributed by atoms with Crippen LogP contribution >= 0.6 is 0 Å². The molecule has 1 heterocycles. The normalized spacial score (nSPS) is 20.9. The minimum absolute atomic E-state index is 0.205. The summed E-state index contributed by atoms with van der Waals surface area (Å²) in [4.78, 5) is 13.7. The number of carbonyl (C=O) groups excluding carboxylic acids is 1. The fourth-order valence-corrected chi connectivity index (χ4v) is 3.64. The summed E-state index contributed by atoms with van der Waals surface area (Å²) in [6.07, 6.45) is 4.51. The molecule has 0 saturated carbocycles. The Morgan fingerprint density at radius 3 is 2.59 bits per heavy atom. The van der Waals surface area contributed by atoms with Crippen molar-refractivity contribution in [2.24, 2.45) is 0 Å². The summed E-state index contributed by atoms with van der Waals surface area (Å²) in [7, 11) is 0. The number of halogens is 1. The molecule has 29 heavy (non-hydrogen) atoms. The Morgan fingerprint density at radius 2 is 1.97 bits per heavy atom. The Morgan fingerprint density at radius 1 is 1.24 bits per heavy atom. The van der Waals surface area contributed by atoms with E-state index in [1.165, 1.54) is 17.0 Å². The predicted molar refractivity (Wildman–Crippen MR) is 110 cm³/mol. The predicted octanol–water partition coefficient (Wildman–Crippen LogP) is 3.77. The number of hydrogen-bond donors (Lipinski definition) is 2. The number of aliphatic hydroxyl groups is 1. The third-order valence-electron chi connectivity index (χ3n) is 5.13. The highest BCUT2D eigenvalue weighted by Crippen LogP contribution is 2.40. The zero-order chi connectivity index (χ0) is 20.8. The number of amides is 2. The second kappa shape index (κ2) is 9.35. The van der Waals surface area contributed by atoms with Gasteiger partial charge in [-0.3, -0.25) is 0 Å². The van der Waals surface area contributed by atoms with E-state index in [0.29, 0.717) is 6.54 Å². The van der Waals surface area contributed by atoms with Crippen molar-refractivity contribution in [3.05, 3.63) is 71.0 Å². The number of benzene rings is 2. The molecule has 0 aromatic heterocycles. The minimum Gasteiger partial charge on any atom is -0.394 e. The quantitative estimate of drug-likeness (QED) is 0.734. The molecule has 0 aliphatic carbocycles. The van der Waals surface area contributed by atoms with Gasteiger partial charge in [0, 0.05) is 12.5 Å². The Balaban J connectivity index is 1.73. The van der Waals surface area contributed by atoms with Gasteiger partial charge in [0.15, 0.2) is 0 Å². The van der Waals surface area contributed by atoms with E-state index in [9.17, 15) is 19.6 Å². The van der Waals surface area contributed by atoms with Crippen LogP contribution in [0.25, 0.3) is 12.2 Å². The number of hydrogen-bond acceptors (Lipinski definition) is 3. The Kier molecular flexibility index (Phi) is 6.63. The van der Waals surface area contributed by atoms with Gasteiger partial charge in [0.1, 0.15) is 11.9 Å². The van der Waals surface area contributed by atoms with Crippen LogP contribution < -0.4 is 5.32 Å². The first-order valence-electron chi connectivity index (χ1n) is 9.69. The third-order valence-corrected chi connectivity index (χ3v) is 5.13. The standard InChI is InChI=1S/C23H24FN3O2/c1-2-12-26-23(29)27-20(14-25)22(21(27)15-28)18-10-8-16(9-11-18)6-7-17-4-3-5-19(24)13-17/h3-11,13,20-22,28H,2,12,15H2,1H3,(H,26,29)/b7-6+/t20-,21-,22+/m1/s1. The van der Waals surface area contributed by atoms with E-state index in [2.05, 4.69) is 11.4 Å². The SMILES string of the molecule is CCCNC(=O)N1[C@H](C#N)[C@H](c2ccc(/C=C/c3cccc(F)c3)cc2)[C@H]1CO. The van der Waals surface area contributed by atoms with Gasteiger partial charge < -0.3 is 15.3 Å². The number of carbonyl (C=O) groups is 1. The maximum atomic E-state index is 13.3. The molecule has 1 fully saturated rings. The maximum Gasteiger partial charge on any atom is 0.318 e. The number of likely N-dealkylation sites (tertiary alicyclic amines) is 1. The molecule has 5 nitrogen and oxygen atoms in total. The van der Waals surface area contributed by atoms with Crippen LogP contribution in [0.15, 0.2) is 48.5 Å². The van der Waals surface area contributed by atoms with Crippen LogP contribution in [0.5, 0.6) is 0 Å². The van der Waals surface area contributed by atoms with Gasteiger partial charge in [0.05, 0.1) is 18.7 Å². The van der Waals surface area contributed by atoms with Crippen LogP contribution in [0.4, 0.5) is 9.18 Å². The highest BCUT2D eigenvalue weighted by Gasteiger charge is 2.51. The summed E-state index contributed by atoms with van der Waals surface area (Å²) in [6.45, 7) is 2.28. The molecular weight excluding hydrogens is 369 g/mol. The molecule has 2 aromatic carbocycles. The van der Waals surface area contributed by atoms with Gasteiger partial charge in [0.2, 0.25) is 0 Å². The van der Waals surface area contributed by atoms with Crippen molar-refractivity contribution in [2.45, 2.75) is 31.3 Å². The Bertz CT molecular complexity index is 920. The van der Waals surface area contributed by atoms with Crippen LogP contribution in [0.1, 0.15) is 36.0 Å². The molecule has 6 heteroatoms. The lowest BCUT2D eigenvalue weighted by Gasteiger charge is -2.51. The highest BCUT2D eigenvalue weighted by atomic mass is 19.1. The zero-order valence-electron chi connectivity index (χ0n) is 16.3. The molecule has 150 valence electrons. The molecule has 0 spiro atoms. The van der Waals surface area contributed by atoms with E-state index in [1.807, 2.05) is 49.4 Å². The van der Waals surface area contributed by atoms with Crippen LogP contribution in [-0.4, -0.2) is 41.3 Å². The van der Waals surface area contributed by atoms with E-state index in [0.717, 1.165) is 23.1 Å². The largest absolute Gasteiger partial charge is 0.394 e. The Hall–Kier alpha value is -3.17. The molecule has 3 atom stereocenters. The van der Waals surface area contributed by atoms with Gasteiger partial charge in [-0.1, -0.05) is 55.5 Å². The summed E-state index contributed by atoms with van der Waals surface area (Å²) < 4.78 is 13.3. The first-order valence-corrected chi connectivity index (χ1v) is 9.69. The molecule has 2 N–H and O–H groups in total. The van der Waals surface area contributed by atoms with E-state index in [-0.39, 0.29) is 24.4 Å². The average Bonchev–Trinajstić information content (AvgIpc) is 2.71. The van der Waals surface area contributed by atoms with Crippen LogP contribution in [0.2, 0.25) is 0 Å². The average molecular weight is 393 g/mol. The van der Waals surface area contributed by atoms with Crippen LogP contribution in [0, 0.1) is 17.1 Å². The van der Waals surface area contributed by atoms with Crippen LogP contribution in [-0.2, 0) is 0 Å². The smallest absolute Gasteiger partial charge is 0.318 e. The van der Waals surface area contributed by atoms with Gasteiger partial charge in [-0.25, -0.2) is 9.18 Å². The van der Waals surface area contributed by atoms with Crippen molar-refractivity contribution in [3.63, 3.8) is 0 Å². The summed E-state index contributed by atoms with van der Waals surface area (Å²) in [5.74, 6) is -0.517. The van der Waals surface area contributed by atoms with E-state index < -0.39 is 12.1 Å². The van der Waals surface area contributed by atoms with Crippen molar-refractivity contribution in [3.8, 4) is 6.07 Å². The summed E-state index contributed by atoms with van der Waals surface area (Å²) in [5, 5.41) is 22.1. The van der Waals surface area contributed by atoms with Gasteiger partial charge in [-0.05, 0) is 35.2 Å². The van der Waals surface area contributed by atoms with E-state index >= 15 is 0 Å². The molecule has 2 aromatic rings. The number of nitriles is 1. The molecular formula is C23H24FN3O2. The lowest BCUT2D eigenvalue weighted by Crippen LogP contribution is -2.67. The lowest BCUT2D eigenvalue weighted by atomic mass is 9.76. The van der Waals surface area contributed by atoms with Crippen molar-refractivity contribution >= 4 is 18.2 Å². The van der Waals surface area contributed by atoms with Crippen molar-refractivity contribution in [1.29, 1.82) is 5.26 Å². The monoisotopic (exact) mass is 393 g/mol. The van der Waals surface area contributed by atoms with Gasteiger partial charge in [0.25, 0.3) is 0 Å². The first kappa shape index (κ1) is 20.6. The van der Waals surface area contributed by atoms with E-state index in [1.54, 1.807) is 6.07 Å². The fourth-order valence-electron chi connectivity index (χ4n) is 3.64. The van der Waals surface area contributed by atoms with Crippen molar-refractivity contribution in [1.82, 2.24) is 10.2 Å². The topological polar surface area (TPSA) is 76.4 Å². The second-order valence-corrected chi connectivity index (χ2v) is 7.04. The van der Waals surface area contributed by atoms with Crippen LogP contribution in [0.3, 0.4) is 0 Å². The summed E-state index contributed by atoms with van der Waals surface area (Å²) >= 11 is 0. The molecule has 0 bridgehead atoms. The number of rotatable bonds is 6. The van der Waals surface area contributed by atoms with Gasteiger partial charge in [-0.2, -0.15) is 5.26 Å². The number of nitrogens with one attached hydrogen (secondary N) is 1. The van der Waals surface area contributed by atoms with Gasteiger partial charge >= 0.3 is 6.03 Å². The minimum atomic E-state index is -0.613. The van der Waals surface area contributed by atoms with Crippen molar-refractivity contribution in [2.75, 3.05) is 13.2 Å². The lowest BCUT2D eigenvalue weighted by molar-refractivity contribution is 0.0169. The summed E-state index contributed by atoms with van der Waals surface area (Å²) in [5.41, 5.74) is 2.61. The molecule has 3 rings (SSSR count). The molecule has 1 aliphatic heterocycles. The third kappa shape index (κ3) is 4.47. The second-order valence-electron chi connectivity index (χ2n) is 7.04. The fraction of sp³-hybridized carbons (Fsp3) is 0.304. The first-order chi connectivity index (χ1) is 14.1. The number of urea groups is 1. The number of aliphatic hydroxyl groups excluding tert-OH is 1. The highest BCUT2D eigenvalue weighted by molar-refractivity contribution is 5.77. The van der Waals surface area contributed by atoms with Crippen molar-refractivity contribution < 1.29 is 14.3 Å². The zero-order valence-corrected chi connectivity index (χ0v) is 16.3. The molecule has 0 unspecified atom stereocenters.